The number of carbonyl (C=O) groups is 1. The summed E-state index contributed by atoms with van der Waals surface area (Å²) < 4.78 is 2.33. The fraction of sp³-hybridized carbons (Fsp3) is 0.261. The Bertz CT molecular complexity index is 1280. The Hall–Kier alpha value is -3.59. The molecule has 0 aliphatic heterocycles. The van der Waals surface area contributed by atoms with Crippen molar-refractivity contribution in [2.45, 2.75) is 39.7 Å². The number of hydrogen-bond donors (Lipinski definition) is 3. The first-order valence-corrected chi connectivity index (χ1v) is 10.9. The molecule has 4 aromatic rings. The minimum absolute atomic E-state index is 0.130. The lowest BCUT2D eigenvalue weighted by atomic mass is 10.1. The van der Waals surface area contributed by atoms with Gasteiger partial charge in [-0.05, 0) is 31.3 Å². The van der Waals surface area contributed by atoms with Gasteiger partial charge in [0.25, 0.3) is 0 Å². The Balaban J connectivity index is 1.49. The van der Waals surface area contributed by atoms with Crippen molar-refractivity contribution in [1.82, 2.24) is 29.9 Å². The third-order valence-electron chi connectivity index (χ3n) is 5.12. The third kappa shape index (κ3) is 4.67. The highest BCUT2D eigenvalue weighted by atomic mass is 32.1. The summed E-state index contributed by atoms with van der Waals surface area (Å²) in [6.07, 6.45) is 0.242. The van der Waals surface area contributed by atoms with Crippen molar-refractivity contribution < 1.29 is 4.79 Å². The molecule has 2 aromatic heterocycles. The fourth-order valence-electron chi connectivity index (χ4n) is 3.31. The number of aromatic amines is 2. The van der Waals surface area contributed by atoms with E-state index in [9.17, 15) is 4.79 Å². The number of benzene rings is 2. The van der Waals surface area contributed by atoms with Crippen molar-refractivity contribution in [3.05, 3.63) is 64.7 Å². The van der Waals surface area contributed by atoms with Crippen LogP contribution in [0.1, 0.15) is 37.6 Å². The number of para-hydroxylation sites is 1. The van der Waals surface area contributed by atoms with Gasteiger partial charge in [0, 0.05) is 30.0 Å². The van der Waals surface area contributed by atoms with Crippen molar-refractivity contribution >= 4 is 23.8 Å². The Kier molecular flexibility index (Phi) is 6.27. The van der Waals surface area contributed by atoms with Crippen LogP contribution in [0.4, 0.5) is 5.69 Å². The molecule has 0 unspecified atom stereocenters. The molecule has 4 rings (SSSR count). The van der Waals surface area contributed by atoms with Crippen molar-refractivity contribution in [1.29, 1.82) is 0 Å². The van der Waals surface area contributed by atoms with E-state index in [1.807, 2.05) is 73.9 Å². The molecule has 2 heterocycles. The number of hydrogen-bond acceptors (Lipinski definition) is 5. The Morgan fingerprint density at radius 3 is 2.56 bits per heavy atom. The average molecular weight is 448 g/mol. The van der Waals surface area contributed by atoms with E-state index < -0.39 is 0 Å². The van der Waals surface area contributed by atoms with Crippen LogP contribution in [0.15, 0.2) is 48.5 Å². The van der Waals surface area contributed by atoms with Gasteiger partial charge < -0.3 is 5.32 Å². The van der Waals surface area contributed by atoms with Crippen molar-refractivity contribution in [3.63, 3.8) is 0 Å². The van der Waals surface area contributed by atoms with E-state index in [-0.39, 0.29) is 18.2 Å². The lowest BCUT2D eigenvalue weighted by molar-refractivity contribution is -0.116. The lowest BCUT2D eigenvalue weighted by Gasteiger charge is -2.10. The molecule has 1 amide bonds. The van der Waals surface area contributed by atoms with Crippen LogP contribution in [0.25, 0.3) is 22.8 Å². The van der Waals surface area contributed by atoms with E-state index in [0.717, 1.165) is 17.0 Å². The number of carbonyl (C=O) groups excluding carboxylic acids is 1. The summed E-state index contributed by atoms with van der Waals surface area (Å²) in [4.78, 5) is 17.3. The molecule has 8 nitrogen and oxygen atoms in total. The monoisotopic (exact) mass is 447 g/mol. The molecular formula is C23H25N7OS. The van der Waals surface area contributed by atoms with Gasteiger partial charge in [-0.25, -0.2) is 4.98 Å². The Labute approximate surface area is 191 Å². The summed E-state index contributed by atoms with van der Waals surface area (Å²) in [5.74, 6) is 2.18. The van der Waals surface area contributed by atoms with Gasteiger partial charge in [0.2, 0.25) is 5.91 Å². The molecule has 0 aliphatic carbocycles. The zero-order valence-corrected chi connectivity index (χ0v) is 19.0. The molecule has 0 fully saturated rings. The van der Waals surface area contributed by atoms with Crippen LogP contribution in [0.3, 0.4) is 0 Å². The summed E-state index contributed by atoms with van der Waals surface area (Å²) in [6, 6.07) is 15.5. The summed E-state index contributed by atoms with van der Waals surface area (Å²) in [5, 5.41) is 17.4. The van der Waals surface area contributed by atoms with Gasteiger partial charge in [-0.1, -0.05) is 55.8 Å². The number of aryl methyl sites for hydroxylation is 1. The first-order valence-electron chi connectivity index (χ1n) is 10.5. The van der Waals surface area contributed by atoms with Gasteiger partial charge in [0.15, 0.2) is 16.4 Å². The lowest BCUT2D eigenvalue weighted by Crippen LogP contribution is -2.15. The molecule has 0 atom stereocenters. The second kappa shape index (κ2) is 9.27. The van der Waals surface area contributed by atoms with Crippen molar-refractivity contribution in [2.24, 2.45) is 0 Å². The predicted molar refractivity (Wildman–Crippen MR) is 127 cm³/mol. The number of H-pyrrole nitrogens is 2. The van der Waals surface area contributed by atoms with Crippen LogP contribution < -0.4 is 5.32 Å². The summed E-state index contributed by atoms with van der Waals surface area (Å²) in [5.41, 5.74) is 3.55. The first kappa shape index (κ1) is 21.6. The minimum atomic E-state index is -0.130. The first-order chi connectivity index (χ1) is 15.4. The minimum Gasteiger partial charge on any atom is -0.325 e. The van der Waals surface area contributed by atoms with Gasteiger partial charge in [-0.15, -0.1) is 0 Å². The summed E-state index contributed by atoms with van der Waals surface area (Å²) >= 11 is 5.38. The average Bonchev–Trinajstić information content (AvgIpc) is 3.41. The highest BCUT2D eigenvalue weighted by Crippen LogP contribution is 2.26. The zero-order valence-electron chi connectivity index (χ0n) is 18.2. The summed E-state index contributed by atoms with van der Waals surface area (Å²) in [7, 11) is 0. The van der Waals surface area contributed by atoms with Gasteiger partial charge >= 0.3 is 0 Å². The highest BCUT2D eigenvalue weighted by molar-refractivity contribution is 7.71. The van der Waals surface area contributed by atoms with Crippen LogP contribution in [-0.2, 0) is 11.3 Å². The second-order valence-corrected chi connectivity index (χ2v) is 8.30. The fourth-order valence-corrected chi connectivity index (χ4v) is 3.54. The quantitative estimate of drug-likeness (QED) is 0.351. The van der Waals surface area contributed by atoms with Crippen molar-refractivity contribution in [2.75, 3.05) is 5.32 Å². The van der Waals surface area contributed by atoms with E-state index in [0.29, 0.717) is 28.7 Å². The maximum atomic E-state index is 12.8. The number of aromatic nitrogens is 6. The van der Waals surface area contributed by atoms with Crippen molar-refractivity contribution in [3.8, 4) is 22.8 Å². The molecule has 32 heavy (non-hydrogen) atoms. The van der Waals surface area contributed by atoms with Crippen LogP contribution in [-0.4, -0.2) is 35.9 Å². The second-order valence-electron chi connectivity index (χ2n) is 7.91. The molecule has 0 aliphatic rings. The maximum absolute atomic E-state index is 12.8. The van der Waals surface area contributed by atoms with Crippen LogP contribution in [0, 0.1) is 11.7 Å². The number of amides is 1. The normalized spacial score (nSPS) is 11.1. The van der Waals surface area contributed by atoms with Crippen LogP contribution in [0.2, 0.25) is 0 Å². The van der Waals surface area contributed by atoms with Crippen LogP contribution >= 0.6 is 12.2 Å². The maximum Gasteiger partial charge on any atom is 0.226 e. The van der Waals surface area contributed by atoms with Gasteiger partial charge in [-0.3, -0.25) is 19.6 Å². The zero-order chi connectivity index (χ0) is 22.7. The largest absolute Gasteiger partial charge is 0.325 e. The number of nitrogens with one attached hydrogen (secondary N) is 3. The standard InChI is InChI=1S/C23H25N7OS/c1-14(2)20-25-21(27-26-20)17-6-4-5-7-18(17)24-19(31)12-13-30-22(28-29-23(30)32)16-10-8-15(3)9-11-16/h4-11,14H,12-13H2,1-3H3,(H,24,31)(H,29,32)(H,25,26,27). The highest BCUT2D eigenvalue weighted by Gasteiger charge is 2.15. The molecule has 0 saturated carbocycles. The molecule has 9 heteroatoms. The van der Waals surface area contributed by atoms with E-state index in [4.69, 9.17) is 12.2 Å². The summed E-state index contributed by atoms with van der Waals surface area (Å²) in [6.45, 7) is 6.53. The Morgan fingerprint density at radius 2 is 1.84 bits per heavy atom. The van der Waals surface area contributed by atoms with Gasteiger partial charge in [-0.2, -0.15) is 10.2 Å². The number of anilines is 1. The molecule has 0 radical (unpaired) electrons. The molecule has 164 valence electrons. The van der Waals surface area contributed by atoms with Gasteiger partial charge in [0.05, 0.1) is 5.69 Å². The number of rotatable bonds is 7. The SMILES string of the molecule is Cc1ccc(-c2n[nH]c(=S)n2CCC(=O)Nc2ccccc2-c2n[nH]c(C(C)C)n2)cc1. The molecule has 3 N–H and O–H groups in total. The number of nitrogens with zero attached hydrogens (tertiary/aromatic N) is 4. The Morgan fingerprint density at radius 1 is 1.09 bits per heavy atom. The predicted octanol–water partition coefficient (Wildman–Crippen LogP) is 4.85. The van der Waals surface area contributed by atoms with Crippen LogP contribution in [0.5, 0.6) is 0 Å². The molecule has 0 bridgehead atoms. The topological polar surface area (TPSA) is 104 Å². The van der Waals surface area contributed by atoms with E-state index in [1.165, 1.54) is 5.56 Å². The molecule has 0 saturated heterocycles. The third-order valence-corrected chi connectivity index (χ3v) is 5.43. The van der Waals surface area contributed by atoms with E-state index >= 15 is 0 Å². The molecule has 2 aromatic carbocycles. The van der Waals surface area contributed by atoms with Gasteiger partial charge in [0.1, 0.15) is 5.82 Å². The molecule has 0 spiro atoms. The molecular weight excluding hydrogens is 422 g/mol. The smallest absolute Gasteiger partial charge is 0.226 e. The van der Waals surface area contributed by atoms with E-state index in [2.05, 4.69) is 30.7 Å². The van der Waals surface area contributed by atoms with E-state index in [1.54, 1.807) is 0 Å².